The maximum Gasteiger partial charge on any atom is 0.0812 e. The molecule has 3 nitrogen and oxygen atoms in total. The first-order valence-corrected chi connectivity index (χ1v) is 7.03. The van der Waals surface area contributed by atoms with Crippen molar-refractivity contribution in [3.05, 3.63) is 23.5 Å². The quantitative estimate of drug-likeness (QED) is 0.874. The van der Waals surface area contributed by atoms with Crippen LogP contribution in [0.5, 0.6) is 0 Å². The fourth-order valence-corrected chi connectivity index (χ4v) is 3.37. The van der Waals surface area contributed by atoms with Gasteiger partial charge in [-0.15, -0.1) is 0 Å². The van der Waals surface area contributed by atoms with Crippen molar-refractivity contribution in [2.24, 2.45) is 5.41 Å². The van der Waals surface area contributed by atoms with Crippen molar-refractivity contribution in [1.29, 1.82) is 0 Å². The molecule has 100 valence electrons. The molecule has 1 aliphatic heterocycles. The van der Waals surface area contributed by atoms with Gasteiger partial charge in [-0.05, 0) is 37.2 Å². The van der Waals surface area contributed by atoms with Gasteiger partial charge in [-0.25, -0.2) is 0 Å². The molecule has 2 aliphatic rings. The van der Waals surface area contributed by atoms with Gasteiger partial charge in [-0.3, -0.25) is 0 Å². The van der Waals surface area contributed by atoms with Crippen LogP contribution in [0, 0.1) is 5.41 Å². The highest BCUT2D eigenvalue weighted by Crippen LogP contribution is 2.41. The maximum atomic E-state index is 10.2. The fraction of sp³-hybridized carbons (Fsp3) is 0.733. The molecule has 18 heavy (non-hydrogen) atoms. The van der Waals surface area contributed by atoms with Crippen LogP contribution in [0.3, 0.4) is 0 Å². The average Bonchev–Trinajstić information content (AvgIpc) is 2.88. The smallest absolute Gasteiger partial charge is 0.0812 e. The van der Waals surface area contributed by atoms with Gasteiger partial charge in [0, 0.05) is 30.6 Å². The van der Waals surface area contributed by atoms with Gasteiger partial charge in [0.25, 0.3) is 0 Å². The van der Waals surface area contributed by atoms with Crippen LogP contribution in [0.2, 0.25) is 0 Å². The van der Waals surface area contributed by atoms with Crippen molar-refractivity contribution in [2.75, 3.05) is 6.61 Å². The lowest BCUT2D eigenvalue weighted by Gasteiger charge is -2.34. The number of hydrogen-bond acceptors (Lipinski definition) is 2. The van der Waals surface area contributed by atoms with E-state index in [1.54, 1.807) is 0 Å². The van der Waals surface area contributed by atoms with E-state index < -0.39 is 0 Å². The van der Waals surface area contributed by atoms with E-state index in [-0.39, 0.29) is 11.5 Å². The second kappa shape index (κ2) is 4.39. The molecule has 1 aromatic heterocycles. The first-order valence-electron chi connectivity index (χ1n) is 7.03. The van der Waals surface area contributed by atoms with E-state index >= 15 is 0 Å². The first-order chi connectivity index (χ1) is 8.55. The van der Waals surface area contributed by atoms with E-state index in [9.17, 15) is 5.11 Å². The third-order valence-corrected chi connectivity index (χ3v) is 4.29. The lowest BCUT2D eigenvalue weighted by atomic mass is 9.75. The Hall–Kier alpha value is -0.800. The highest BCUT2D eigenvalue weighted by molar-refractivity contribution is 5.29. The number of fused-ring (bicyclic) bond motifs is 1. The number of ether oxygens (including phenoxy) is 1. The third-order valence-electron chi connectivity index (χ3n) is 4.29. The molecule has 0 radical (unpaired) electrons. The molecule has 3 heteroatoms. The van der Waals surface area contributed by atoms with Crippen molar-refractivity contribution < 1.29 is 9.84 Å². The molecule has 0 saturated carbocycles. The molecule has 0 bridgehead atoms. The largest absolute Gasteiger partial charge is 0.388 e. The highest BCUT2D eigenvalue weighted by atomic mass is 16.5. The lowest BCUT2D eigenvalue weighted by Crippen LogP contribution is -2.28. The van der Waals surface area contributed by atoms with Crippen molar-refractivity contribution in [3.8, 4) is 0 Å². The van der Waals surface area contributed by atoms with Crippen LogP contribution in [0.4, 0.5) is 0 Å². The molecule has 2 unspecified atom stereocenters. The lowest BCUT2D eigenvalue weighted by molar-refractivity contribution is 0.0868. The van der Waals surface area contributed by atoms with E-state index in [4.69, 9.17) is 4.74 Å². The SMILES string of the molecule is CC1(C)Cc2c(ccn2CC2CCCO2)C(O)C1. The Bertz CT molecular complexity index is 430. The van der Waals surface area contributed by atoms with E-state index in [0.717, 1.165) is 31.6 Å². The Labute approximate surface area is 109 Å². The van der Waals surface area contributed by atoms with Gasteiger partial charge in [-0.2, -0.15) is 0 Å². The van der Waals surface area contributed by atoms with Crippen molar-refractivity contribution in [2.45, 2.75) is 58.3 Å². The number of nitrogens with zero attached hydrogens (tertiary/aromatic N) is 1. The topological polar surface area (TPSA) is 34.4 Å². The van der Waals surface area contributed by atoms with Gasteiger partial charge in [0.15, 0.2) is 0 Å². The normalized spacial score (nSPS) is 30.4. The van der Waals surface area contributed by atoms with Crippen molar-refractivity contribution >= 4 is 0 Å². The molecule has 1 N–H and O–H groups in total. The predicted molar refractivity (Wildman–Crippen MR) is 70.5 cm³/mol. The number of aliphatic hydroxyl groups excluding tert-OH is 1. The molecule has 2 heterocycles. The summed E-state index contributed by atoms with van der Waals surface area (Å²) >= 11 is 0. The monoisotopic (exact) mass is 249 g/mol. The summed E-state index contributed by atoms with van der Waals surface area (Å²) in [5.74, 6) is 0. The number of aromatic nitrogens is 1. The molecule has 0 amide bonds. The fourth-order valence-electron chi connectivity index (χ4n) is 3.37. The van der Waals surface area contributed by atoms with Crippen LogP contribution >= 0.6 is 0 Å². The Balaban J connectivity index is 1.84. The molecule has 0 aromatic carbocycles. The summed E-state index contributed by atoms with van der Waals surface area (Å²) in [6.45, 7) is 6.32. The van der Waals surface area contributed by atoms with E-state index in [1.807, 2.05) is 0 Å². The minimum atomic E-state index is -0.297. The molecular weight excluding hydrogens is 226 g/mol. The number of aliphatic hydroxyl groups is 1. The summed E-state index contributed by atoms with van der Waals surface area (Å²) in [7, 11) is 0. The molecule has 1 aliphatic carbocycles. The Morgan fingerprint density at radius 3 is 3.06 bits per heavy atom. The van der Waals surface area contributed by atoms with E-state index in [0.29, 0.717) is 6.10 Å². The number of rotatable bonds is 2. The summed E-state index contributed by atoms with van der Waals surface area (Å²) in [6, 6.07) is 2.09. The second-order valence-corrected chi connectivity index (χ2v) is 6.57. The van der Waals surface area contributed by atoms with Crippen LogP contribution in [-0.4, -0.2) is 22.4 Å². The minimum absolute atomic E-state index is 0.194. The molecular formula is C15H23NO2. The van der Waals surface area contributed by atoms with Crippen LogP contribution < -0.4 is 0 Å². The standard InChI is InChI=1S/C15H23NO2/c1-15(2)8-13-12(14(17)9-15)5-6-16(13)10-11-4-3-7-18-11/h5-6,11,14,17H,3-4,7-10H2,1-2H3. The predicted octanol–water partition coefficient (Wildman–Crippen LogP) is 2.67. The molecule has 1 saturated heterocycles. The summed E-state index contributed by atoms with van der Waals surface area (Å²) < 4.78 is 8.01. The van der Waals surface area contributed by atoms with Gasteiger partial charge in [-0.1, -0.05) is 13.8 Å². The van der Waals surface area contributed by atoms with Crippen LogP contribution in [0.1, 0.15) is 50.5 Å². The molecule has 3 rings (SSSR count). The summed E-state index contributed by atoms with van der Waals surface area (Å²) in [5, 5.41) is 10.2. The summed E-state index contributed by atoms with van der Waals surface area (Å²) in [5.41, 5.74) is 2.64. The first kappa shape index (κ1) is 12.2. The summed E-state index contributed by atoms with van der Waals surface area (Å²) in [6.07, 6.45) is 6.46. The molecule has 1 aromatic rings. The van der Waals surface area contributed by atoms with Crippen LogP contribution in [-0.2, 0) is 17.7 Å². The van der Waals surface area contributed by atoms with Crippen LogP contribution in [0.25, 0.3) is 0 Å². The van der Waals surface area contributed by atoms with E-state index in [2.05, 4.69) is 30.7 Å². The van der Waals surface area contributed by atoms with Gasteiger partial charge in [0.1, 0.15) is 0 Å². The zero-order valence-electron chi connectivity index (χ0n) is 11.4. The minimum Gasteiger partial charge on any atom is -0.388 e. The third kappa shape index (κ3) is 2.21. The van der Waals surface area contributed by atoms with Crippen molar-refractivity contribution in [1.82, 2.24) is 4.57 Å². The van der Waals surface area contributed by atoms with E-state index in [1.165, 1.54) is 18.5 Å². The maximum absolute atomic E-state index is 10.2. The van der Waals surface area contributed by atoms with Gasteiger partial charge < -0.3 is 14.4 Å². The summed E-state index contributed by atoms with van der Waals surface area (Å²) in [4.78, 5) is 0. The highest BCUT2D eigenvalue weighted by Gasteiger charge is 2.33. The van der Waals surface area contributed by atoms with Gasteiger partial charge >= 0.3 is 0 Å². The Kier molecular flexibility index (Phi) is 2.99. The van der Waals surface area contributed by atoms with Gasteiger partial charge in [0.05, 0.1) is 12.2 Å². The van der Waals surface area contributed by atoms with Crippen LogP contribution in [0.15, 0.2) is 12.3 Å². The van der Waals surface area contributed by atoms with Crippen molar-refractivity contribution in [3.63, 3.8) is 0 Å². The molecule has 2 atom stereocenters. The second-order valence-electron chi connectivity index (χ2n) is 6.57. The average molecular weight is 249 g/mol. The molecule has 0 spiro atoms. The Morgan fingerprint density at radius 1 is 1.50 bits per heavy atom. The Morgan fingerprint density at radius 2 is 2.33 bits per heavy atom. The van der Waals surface area contributed by atoms with Gasteiger partial charge in [0.2, 0.25) is 0 Å². The zero-order valence-corrected chi connectivity index (χ0v) is 11.4. The zero-order chi connectivity index (χ0) is 12.8. The molecule has 1 fully saturated rings. The number of hydrogen-bond donors (Lipinski definition) is 1.